The average molecular weight is 280 g/mol. The molecule has 20 heavy (non-hydrogen) atoms. The lowest BCUT2D eigenvalue weighted by Gasteiger charge is -2.20. The van der Waals surface area contributed by atoms with Gasteiger partial charge >= 0.3 is 12.2 Å². The van der Waals surface area contributed by atoms with Gasteiger partial charge in [-0.05, 0) is 26.3 Å². The van der Waals surface area contributed by atoms with Crippen LogP contribution in [0.15, 0.2) is 24.3 Å². The zero-order chi connectivity index (χ0) is 15.0. The summed E-state index contributed by atoms with van der Waals surface area (Å²) in [4.78, 5) is 23.0. The van der Waals surface area contributed by atoms with Crippen molar-refractivity contribution in [3.8, 4) is 0 Å². The Morgan fingerprint density at radius 3 is 1.85 bits per heavy atom. The zero-order valence-corrected chi connectivity index (χ0v) is 11.9. The van der Waals surface area contributed by atoms with Gasteiger partial charge in [-0.2, -0.15) is 0 Å². The monoisotopic (exact) mass is 280 g/mol. The smallest absolute Gasteiger partial charge is 0.409 e. The Morgan fingerprint density at radius 2 is 1.45 bits per heavy atom. The highest BCUT2D eigenvalue weighted by Crippen LogP contribution is 2.12. The molecule has 0 saturated heterocycles. The fourth-order valence-electron chi connectivity index (χ4n) is 1.54. The van der Waals surface area contributed by atoms with Crippen molar-refractivity contribution in [3.05, 3.63) is 35.4 Å². The third-order valence-corrected chi connectivity index (χ3v) is 2.49. The van der Waals surface area contributed by atoms with E-state index >= 15 is 0 Å². The Bertz CT molecular complexity index is 425. The van der Waals surface area contributed by atoms with Crippen LogP contribution in [0.4, 0.5) is 9.59 Å². The van der Waals surface area contributed by atoms with Crippen LogP contribution in [0.2, 0.25) is 0 Å². The first-order valence-corrected chi connectivity index (χ1v) is 6.50. The zero-order valence-electron chi connectivity index (χ0n) is 11.9. The van der Waals surface area contributed by atoms with Crippen LogP contribution in [-0.2, 0) is 9.47 Å². The number of hydrogen-bond acceptors (Lipinski definition) is 4. The van der Waals surface area contributed by atoms with Gasteiger partial charge < -0.3 is 9.47 Å². The minimum absolute atomic E-state index is 0.256. The molecule has 0 atom stereocenters. The Morgan fingerprint density at radius 1 is 1.00 bits per heavy atom. The Balaban J connectivity index is 2.80. The summed E-state index contributed by atoms with van der Waals surface area (Å²) < 4.78 is 9.63. The highest BCUT2D eigenvalue weighted by Gasteiger charge is 2.18. The highest BCUT2D eigenvalue weighted by atomic mass is 16.6. The van der Waals surface area contributed by atoms with E-state index < -0.39 is 18.4 Å². The predicted molar refractivity (Wildman–Crippen MR) is 74.2 cm³/mol. The fourth-order valence-corrected chi connectivity index (χ4v) is 1.54. The lowest BCUT2D eigenvalue weighted by molar-refractivity contribution is 0.135. The number of ether oxygens (including phenoxy) is 2. The second-order valence-corrected chi connectivity index (χ2v) is 4.07. The molecule has 0 aliphatic rings. The predicted octanol–water partition coefficient (Wildman–Crippen LogP) is 2.49. The molecule has 0 spiro atoms. The van der Waals surface area contributed by atoms with E-state index in [-0.39, 0.29) is 13.2 Å². The van der Waals surface area contributed by atoms with Crippen LogP contribution in [0, 0.1) is 6.92 Å². The maximum Gasteiger partial charge on any atom is 0.409 e. The Hall–Kier alpha value is -2.24. The first kappa shape index (κ1) is 15.8. The molecule has 0 bridgehead atoms. The van der Waals surface area contributed by atoms with E-state index in [4.69, 9.17) is 9.47 Å². The number of benzene rings is 1. The minimum Gasteiger partial charge on any atom is -0.450 e. The lowest BCUT2D eigenvalue weighted by atomic mass is 10.1. The van der Waals surface area contributed by atoms with Crippen molar-refractivity contribution in [1.82, 2.24) is 10.6 Å². The van der Waals surface area contributed by atoms with Crippen molar-refractivity contribution >= 4 is 12.2 Å². The number of nitrogens with one attached hydrogen (secondary N) is 2. The van der Waals surface area contributed by atoms with Crippen molar-refractivity contribution in [2.24, 2.45) is 0 Å². The first-order chi connectivity index (χ1) is 9.56. The van der Waals surface area contributed by atoms with E-state index in [1.165, 1.54) is 0 Å². The normalized spacial score (nSPS) is 10.0. The highest BCUT2D eigenvalue weighted by molar-refractivity contribution is 5.71. The standard InChI is InChI=1S/C14H20N2O4/c1-4-19-13(17)15-12(16-14(18)20-5-2)11-8-6-10(3)7-9-11/h6-9,12H,4-5H2,1-3H3,(H,15,17)(H,16,18). The number of amides is 2. The molecule has 0 fully saturated rings. The molecule has 6 heteroatoms. The quantitative estimate of drug-likeness (QED) is 0.812. The Kier molecular flexibility index (Phi) is 6.36. The molecule has 1 aromatic rings. The fraction of sp³-hybridized carbons (Fsp3) is 0.429. The summed E-state index contributed by atoms with van der Waals surface area (Å²) in [5.74, 6) is 0. The number of aryl methyl sites for hydroxylation is 1. The largest absolute Gasteiger partial charge is 0.450 e. The van der Waals surface area contributed by atoms with Gasteiger partial charge in [0.15, 0.2) is 0 Å². The molecule has 0 heterocycles. The average Bonchev–Trinajstić information content (AvgIpc) is 2.39. The molecule has 0 unspecified atom stereocenters. The summed E-state index contributed by atoms with van der Waals surface area (Å²) in [5, 5.41) is 5.14. The molecular formula is C14H20N2O4. The summed E-state index contributed by atoms with van der Waals surface area (Å²) in [6.07, 6.45) is -1.90. The lowest BCUT2D eigenvalue weighted by Crippen LogP contribution is -2.41. The van der Waals surface area contributed by atoms with E-state index in [1.54, 1.807) is 13.8 Å². The molecule has 110 valence electrons. The van der Waals surface area contributed by atoms with Crippen LogP contribution in [0.5, 0.6) is 0 Å². The summed E-state index contributed by atoms with van der Waals surface area (Å²) in [6.45, 7) is 5.88. The van der Waals surface area contributed by atoms with Gasteiger partial charge in [-0.25, -0.2) is 9.59 Å². The second-order valence-electron chi connectivity index (χ2n) is 4.07. The molecule has 2 N–H and O–H groups in total. The van der Waals surface area contributed by atoms with Crippen LogP contribution < -0.4 is 10.6 Å². The third kappa shape index (κ3) is 5.17. The van der Waals surface area contributed by atoms with E-state index in [9.17, 15) is 9.59 Å². The van der Waals surface area contributed by atoms with Gasteiger partial charge in [-0.15, -0.1) is 0 Å². The summed E-state index contributed by atoms with van der Waals surface area (Å²) in [6, 6.07) is 7.42. The summed E-state index contributed by atoms with van der Waals surface area (Å²) >= 11 is 0. The Labute approximate surface area is 118 Å². The molecule has 0 radical (unpaired) electrons. The van der Waals surface area contributed by atoms with Gasteiger partial charge in [0.05, 0.1) is 13.2 Å². The first-order valence-electron chi connectivity index (χ1n) is 6.50. The number of carbonyl (C=O) groups is 2. The second kappa shape index (κ2) is 8.04. The van der Waals surface area contributed by atoms with Crippen LogP contribution in [-0.4, -0.2) is 25.4 Å². The molecule has 0 aliphatic carbocycles. The number of rotatable bonds is 5. The molecule has 0 aromatic heterocycles. The summed E-state index contributed by atoms with van der Waals surface area (Å²) in [5.41, 5.74) is 1.82. The number of hydrogen-bond donors (Lipinski definition) is 2. The molecule has 0 saturated carbocycles. The third-order valence-electron chi connectivity index (χ3n) is 2.49. The van der Waals surface area contributed by atoms with E-state index in [2.05, 4.69) is 10.6 Å². The van der Waals surface area contributed by atoms with E-state index in [0.717, 1.165) is 11.1 Å². The molecule has 1 aromatic carbocycles. The topological polar surface area (TPSA) is 76.7 Å². The number of carbonyl (C=O) groups excluding carboxylic acids is 2. The van der Waals surface area contributed by atoms with Gasteiger partial charge in [-0.1, -0.05) is 29.8 Å². The van der Waals surface area contributed by atoms with Gasteiger partial charge in [0, 0.05) is 0 Å². The molecule has 0 aliphatic heterocycles. The van der Waals surface area contributed by atoms with Crippen molar-refractivity contribution in [3.63, 3.8) is 0 Å². The van der Waals surface area contributed by atoms with Crippen LogP contribution >= 0.6 is 0 Å². The van der Waals surface area contributed by atoms with Crippen LogP contribution in [0.25, 0.3) is 0 Å². The molecule has 1 rings (SSSR count). The van der Waals surface area contributed by atoms with Gasteiger partial charge in [0.2, 0.25) is 0 Å². The van der Waals surface area contributed by atoms with Crippen LogP contribution in [0.3, 0.4) is 0 Å². The van der Waals surface area contributed by atoms with Gasteiger partial charge in [0.25, 0.3) is 0 Å². The summed E-state index contributed by atoms with van der Waals surface area (Å²) in [7, 11) is 0. The SMILES string of the molecule is CCOC(=O)NC(NC(=O)OCC)c1ccc(C)cc1. The van der Waals surface area contributed by atoms with Crippen molar-refractivity contribution < 1.29 is 19.1 Å². The molecular weight excluding hydrogens is 260 g/mol. The minimum atomic E-state index is -0.700. The van der Waals surface area contributed by atoms with Gasteiger partial charge in [-0.3, -0.25) is 10.6 Å². The molecule has 6 nitrogen and oxygen atoms in total. The van der Waals surface area contributed by atoms with Crippen molar-refractivity contribution in [2.45, 2.75) is 26.9 Å². The van der Waals surface area contributed by atoms with Crippen molar-refractivity contribution in [2.75, 3.05) is 13.2 Å². The van der Waals surface area contributed by atoms with Crippen LogP contribution in [0.1, 0.15) is 31.1 Å². The van der Waals surface area contributed by atoms with Crippen molar-refractivity contribution in [1.29, 1.82) is 0 Å². The van der Waals surface area contributed by atoms with E-state index in [0.29, 0.717) is 0 Å². The maximum atomic E-state index is 11.5. The van der Waals surface area contributed by atoms with E-state index in [1.807, 2.05) is 31.2 Å². The number of alkyl carbamates (subject to hydrolysis) is 2. The maximum absolute atomic E-state index is 11.5. The van der Waals surface area contributed by atoms with Gasteiger partial charge in [0.1, 0.15) is 6.17 Å². The molecule has 2 amide bonds.